The highest BCUT2D eigenvalue weighted by atomic mass is 19.1. The van der Waals surface area contributed by atoms with Crippen molar-refractivity contribution in [3.63, 3.8) is 0 Å². The Labute approximate surface area is 121 Å². The van der Waals surface area contributed by atoms with E-state index in [1.165, 1.54) is 12.1 Å². The Bertz CT molecular complexity index is 825. The van der Waals surface area contributed by atoms with Crippen molar-refractivity contribution in [2.75, 3.05) is 7.11 Å². The fraction of sp³-hybridized carbons (Fsp3) is 0.0556. The zero-order valence-electron chi connectivity index (χ0n) is 11.5. The number of halogens is 1. The van der Waals surface area contributed by atoms with Gasteiger partial charge in [0.15, 0.2) is 6.29 Å². The number of aldehydes is 1. The predicted molar refractivity (Wildman–Crippen MR) is 81.3 cm³/mol. The van der Waals surface area contributed by atoms with E-state index in [0.717, 1.165) is 27.6 Å². The molecule has 3 rings (SSSR count). The summed E-state index contributed by atoms with van der Waals surface area (Å²) in [7, 11) is 1.63. The van der Waals surface area contributed by atoms with Crippen molar-refractivity contribution < 1.29 is 13.9 Å². The van der Waals surface area contributed by atoms with Crippen LogP contribution in [0.15, 0.2) is 54.6 Å². The lowest BCUT2D eigenvalue weighted by Gasteiger charge is -2.08. The molecule has 2 nitrogen and oxygen atoms in total. The van der Waals surface area contributed by atoms with E-state index in [2.05, 4.69) is 0 Å². The highest BCUT2D eigenvalue weighted by molar-refractivity contribution is 5.93. The number of benzene rings is 3. The van der Waals surface area contributed by atoms with E-state index in [4.69, 9.17) is 4.74 Å². The molecule has 0 saturated heterocycles. The average molecular weight is 280 g/mol. The minimum absolute atomic E-state index is 0.350. The molecule has 21 heavy (non-hydrogen) atoms. The average Bonchev–Trinajstić information content (AvgIpc) is 2.53. The first kappa shape index (κ1) is 13.3. The van der Waals surface area contributed by atoms with Crippen LogP contribution in [0, 0.1) is 5.82 Å². The van der Waals surface area contributed by atoms with Gasteiger partial charge in [0.1, 0.15) is 11.6 Å². The van der Waals surface area contributed by atoms with Crippen LogP contribution in [0.2, 0.25) is 0 Å². The summed E-state index contributed by atoms with van der Waals surface area (Å²) in [6, 6.07) is 15.9. The van der Waals surface area contributed by atoms with Crippen molar-refractivity contribution in [2.24, 2.45) is 0 Å². The van der Waals surface area contributed by atoms with Gasteiger partial charge in [0.2, 0.25) is 0 Å². The maximum absolute atomic E-state index is 13.2. The van der Waals surface area contributed by atoms with Crippen LogP contribution in [-0.2, 0) is 0 Å². The highest BCUT2D eigenvalue weighted by Crippen LogP contribution is 2.29. The number of carbonyl (C=O) groups is 1. The summed E-state index contributed by atoms with van der Waals surface area (Å²) in [5, 5.41) is 2.09. The van der Waals surface area contributed by atoms with E-state index in [0.29, 0.717) is 11.8 Å². The molecule has 0 fully saturated rings. The SMILES string of the molecule is COc1ccc2cc(-c3ccc(F)cc3C=O)ccc2c1. The fourth-order valence-electron chi connectivity index (χ4n) is 2.41. The number of carbonyl (C=O) groups excluding carboxylic acids is 1. The van der Waals surface area contributed by atoms with Crippen LogP contribution in [0.5, 0.6) is 5.75 Å². The topological polar surface area (TPSA) is 26.3 Å². The van der Waals surface area contributed by atoms with E-state index in [1.807, 2.05) is 36.4 Å². The molecule has 0 unspecified atom stereocenters. The Kier molecular flexibility index (Phi) is 3.40. The molecule has 0 radical (unpaired) electrons. The third kappa shape index (κ3) is 2.50. The summed E-state index contributed by atoms with van der Waals surface area (Å²) < 4.78 is 18.4. The van der Waals surface area contributed by atoms with E-state index in [-0.39, 0.29) is 0 Å². The van der Waals surface area contributed by atoms with Gasteiger partial charge in [0.05, 0.1) is 7.11 Å². The standard InChI is InChI=1S/C18H13FO2/c1-21-17-6-4-12-8-14(3-2-13(12)10-17)18-7-5-16(19)9-15(18)11-20/h2-11H,1H3. The summed E-state index contributed by atoms with van der Waals surface area (Å²) in [4.78, 5) is 11.1. The molecule has 0 saturated carbocycles. The Morgan fingerprint density at radius 2 is 1.71 bits per heavy atom. The zero-order valence-corrected chi connectivity index (χ0v) is 11.5. The second kappa shape index (κ2) is 5.37. The number of ether oxygens (including phenoxy) is 1. The van der Waals surface area contributed by atoms with Crippen molar-refractivity contribution in [1.29, 1.82) is 0 Å². The molecule has 0 heterocycles. The van der Waals surface area contributed by atoms with Gasteiger partial charge < -0.3 is 4.74 Å². The molecule has 0 amide bonds. The molecule has 0 aromatic heterocycles. The van der Waals surface area contributed by atoms with Crippen LogP contribution in [0.4, 0.5) is 4.39 Å². The summed E-state index contributed by atoms with van der Waals surface area (Å²) in [5.74, 6) is 0.386. The van der Waals surface area contributed by atoms with Crippen LogP contribution >= 0.6 is 0 Å². The molecule has 0 atom stereocenters. The normalized spacial score (nSPS) is 10.6. The van der Waals surface area contributed by atoms with Gasteiger partial charge in [-0.25, -0.2) is 4.39 Å². The summed E-state index contributed by atoms with van der Waals surface area (Å²) in [6.45, 7) is 0. The van der Waals surface area contributed by atoms with E-state index < -0.39 is 5.82 Å². The van der Waals surface area contributed by atoms with Gasteiger partial charge in [-0.15, -0.1) is 0 Å². The molecule has 104 valence electrons. The van der Waals surface area contributed by atoms with E-state index >= 15 is 0 Å². The first-order valence-electron chi connectivity index (χ1n) is 6.54. The molecular formula is C18H13FO2. The van der Waals surface area contributed by atoms with Crippen molar-refractivity contribution in [1.82, 2.24) is 0 Å². The van der Waals surface area contributed by atoms with Crippen LogP contribution in [0.3, 0.4) is 0 Å². The molecule has 0 aliphatic heterocycles. The van der Waals surface area contributed by atoms with Gasteiger partial charge in [0.25, 0.3) is 0 Å². The Balaban J connectivity index is 2.15. The molecular weight excluding hydrogens is 267 g/mol. The van der Waals surface area contributed by atoms with Gasteiger partial charge in [-0.05, 0) is 52.2 Å². The smallest absolute Gasteiger partial charge is 0.150 e. The predicted octanol–water partition coefficient (Wildman–Crippen LogP) is 4.47. The molecule has 3 aromatic carbocycles. The van der Waals surface area contributed by atoms with Gasteiger partial charge in [0, 0.05) is 5.56 Å². The third-order valence-electron chi connectivity index (χ3n) is 3.50. The van der Waals surface area contributed by atoms with E-state index in [9.17, 15) is 9.18 Å². The van der Waals surface area contributed by atoms with Crippen molar-refractivity contribution in [2.45, 2.75) is 0 Å². The lowest BCUT2D eigenvalue weighted by atomic mass is 9.97. The van der Waals surface area contributed by atoms with E-state index in [1.54, 1.807) is 13.2 Å². The van der Waals surface area contributed by atoms with Crippen LogP contribution < -0.4 is 4.74 Å². The van der Waals surface area contributed by atoms with Gasteiger partial charge >= 0.3 is 0 Å². The van der Waals surface area contributed by atoms with Gasteiger partial charge in [-0.3, -0.25) is 4.79 Å². The maximum Gasteiger partial charge on any atom is 0.150 e. The summed E-state index contributed by atoms with van der Waals surface area (Å²) >= 11 is 0. The highest BCUT2D eigenvalue weighted by Gasteiger charge is 2.07. The van der Waals surface area contributed by atoms with Gasteiger partial charge in [-0.1, -0.05) is 24.3 Å². The molecule has 0 aliphatic carbocycles. The number of fused-ring (bicyclic) bond motifs is 1. The van der Waals surface area contributed by atoms with Crippen LogP contribution in [-0.4, -0.2) is 13.4 Å². The Morgan fingerprint density at radius 3 is 2.48 bits per heavy atom. The van der Waals surface area contributed by atoms with Crippen molar-refractivity contribution in [3.8, 4) is 16.9 Å². The fourth-order valence-corrected chi connectivity index (χ4v) is 2.41. The zero-order chi connectivity index (χ0) is 14.8. The number of hydrogen-bond acceptors (Lipinski definition) is 2. The second-order valence-corrected chi connectivity index (χ2v) is 4.78. The molecule has 0 N–H and O–H groups in total. The molecule has 0 aliphatic rings. The number of methoxy groups -OCH3 is 1. The Morgan fingerprint density at radius 1 is 0.952 bits per heavy atom. The Hall–Kier alpha value is -2.68. The summed E-state index contributed by atoms with van der Waals surface area (Å²) in [6.07, 6.45) is 0.677. The number of rotatable bonds is 3. The third-order valence-corrected chi connectivity index (χ3v) is 3.50. The van der Waals surface area contributed by atoms with Crippen LogP contribution in [0.25, 0.3) is 21.9 Å². The molecule has 3 heteroatoms. The molecule has 0 spiro atoms. The second-order valence-electron chi connectivity index (χ2n) is 4.78. The molecule has 0 bridgehead atoms. The van der Waals surface area contributed by atoms with Crippen LogP contribution in [0.1, 0.15) is 10.4 Å². The lowest BCUT2D eigenvalue weighted by molar-refractivity contribution is 0.112. The summed E-state index contributed by atoms with van der Waals surface area (Å²) in [5.41, 5.74) is 1.96. The van der Waals surface area contributed by atoms with Crippen molar-refractivity contribution in [3.05, 3.63) is 66.0 Å². The molecule has 3 aromatic rings. The van der Waals surface area contributed by atoms with Gasteiger partial charge in [-0.2, -0.15) is 0 Å². The monoisotopic (exact) mass is 280 g/mol. The number of hydrogen-bond donors (Lipinski definition) is 0. The first-order chi connectivity index (χ1) is 10.2. The minimum atomic E-state index is -0.411. The quantitative estimate of drug-likeness (QED) is 0.662. The van der Waals surface area contributed by atoms with Crippen molar-refractivity contribution >= 4 is 17.1 Å². The lowest BCUT2D eigenvalue weighted by Crippen LogP contribution is -1.90. The first-order valence-corrected chi connectivity index (χ1v) is 6.54. The minimum Gasteiger partial charge on any atom is -0.497 e. The largest absolute Gasteiger partial charge is 0.497 e. The maximum atomic E-state index is 13.2.